The third-order valence-electron chi connectivity index (χ3n) is 5.36. The summed E-state index contributed by atoms with van der Waals surface area (Å²) >= 11 is 1.79. The van der Waals surface area contributed by atoms with Gasteiger partial charge in [0.25, 0.3) is 0 Å². The number of rotatable bonds is 2. The maximum absolute atomic E-state index is 9.68. The highest BCUT2D eigenvalue weighted by atomic mass is 32.2. The van der Waals surface area contributed by atoms with E-state index in [2.05, 4.69) is 30.0 Å². The number of anilines is 1. The number of hydrogen-bond acceptors (Lipinski definition) is 6. The van der Waals surface area contributed by atoms with Crippen LogP contribution in [-0.4, -0.2) is 37.0 Å². The predicted octanol–water partition coefficient (Wildman–Crippen LogP) is 4.16. The fraction of sp³-hybridized carbons (Fsp3) is 0.333. The van der Waals surface area contributed by atoms with E-state index in [1.165, 1.54) is 5.69 Å². The summed E-state index contributed by atoms with van der Waals surface area (Å²) in [6.45, 7) is 5.39. The second-order valence-electron chi connectivity index (χ2n) is 6.85. The van der Waals surface area contributed by atoms with E-state index >= 15 is 0 Å². The van der Waals surface area contributed by atoms with Crippen molar-refractivity contribution in [3.05, 3.63) is 41.0 Å². The standard InChI is InChI=1S/C21H19N3O2S/c1-13-14(3-2-4-18(13)24-6-8-25-9-7-24)21-23-17-11-19-15(5-10-27-19)16(12-22)20(17)26-21/h2-4,11H,5-10H2,1H3. The third-order valence-corrected chi connectivity index (χ3v) is 6.44. The Morgan fingerprint density at radius 1 is 1.26 bits per heavy atom. The second-order valence-corrected chi connectivity index (χ2v) is 7.99. The first-order valence-electron chi connectivity index (χ1n) is 9.18. The quantitative estimate of drug-likeness (QED) is 0.668. The van der Waals surface area contributed by atoms with Crippen LogP contribution in [0.2, 0.25) is 0 Å². The van der Waals surface area contributed by atoms with Crippen molar-refractivity contribution in [1.82, 2.24) is 4.98 Å². The molecule has 3 heterocycles. The van der Waals surface area contributed by atoms with Gasteiger partial charge in [-0.25, -0.2) is 4.98 Å². The van der Waals surface area contributed by atoms with Crippen LogP contribution in [0.3, 0.4) is 0 Å². The van der Waals surface area contributed by atoms with Crippen molar-refractivity contribution in [2.24, 2.45) is 0 Å². The minimum atomic E-state index is 0.586. The van der Waals surface area contributed by atoms with Gasteiger partial charge in [-0.2, -0.15) is 5.26 Å². The van der Waals surface area contributed by atoms with E-state index in [4.69, 9.17) is 14.1 Å². The SMILES string of the molecule is Cc1c(-c2nc3cc4c(c(C#N)c3o2)CCS4)cccc1N1CCOCC1. The lowest BCUT2D eigenvalue weighted by molar-refractivity contribution is 0.122. The van der Waals surface area contributed by atoms with Crippen LogP contribution in [0.4, 0.5) is 5.69 Å². The van der Waals surface area contributed by atoms with E-state index in [-0.39, 0.29) is 0 Å². The number of oxazole rings is 1. The molecule has 6 heteroatoms. The Labute approximate surface area is 161 Å². The zero-order valence-electron chi connectivity index (χ0n) is 15.1. The summed E-state index contributed by atoms with van der Waals surface area (Å²) in [5.41, 5.74) is 6.45. The average Bonchev–Trinajstić information content (AvgIpc) is 3.33. The number of ether oxygens (including phenoxy) is 1. The van der Waals surface area contributed by atoms with E-state index in [0.29, 0.717) is 17.0 Å². The first-order chi connectivity index (χ1) is 13.3. The van der Waals surface area contributed by atoms with Gasteiger partial charge in [-0.15, -0.1) is 11.8 Å². The molecule has 1 saturated heterocycles. The van der Waals surface area contributed by atoms with Gasteiger partial charge >= 0.3 is 0 Å². The molecule has 0 N–H and O–H groups in total. The van der Waals surface area contributed by atoms with Crippen LogP contribution >= 0.6 is 11.8 Å². The van der Waals surface area contributed by atoms with Gasteiger partial charge in [0.05, 0.1) is 13.2 Å². The molecular weight excluding hydrogens is 358 g/mol. The van der Waals surface area contributed by atoms with Gasteiger partial charge in [0.1, 0.15) is 17.1 Å². The van der Waals surface area contributed by atoms with Crippen LogP contribution in [0.1, 0.15) is 16.7 Å². The van der Waals surface area contributed by atoms with E-state index in [1.807, 2.05) is 12.1 Å². The van der Waals surface area contributed by atoms with Crippen LogP contribution < -0.4 is 4.90 Å². The van der Waals surface area contributed by atoms with E-state index in [1.54, 1.807) is 11.8 Å². The Morgan fingerprint density at radius 3 is 2.93 bits per heavy atom. The molecule has 2 aliphatic heterocycles. The fourth-order valence-electron chi connectivity index (χ4n) is 3.96. The molecule has 0 aliphatic carbocycles. The molecule has 0 bridgehead atoms. The average molecular weight is 377 g/mol. The number of hydrogen-bond donors (Lipinski definition) is 0. The third kappa shape index (κ3) is 2.70. The molecule has 1 fully saturated rings. The Morgan fingerprint density at radius 2 is 2.11 bits per heavy atom. The highest BCUT2D eigenvalue weighted by Crippen LogP contribution is 2.40. The molecule has 3 aromatic rings. The van der Waals surface area contributed by atoms with E-state index < -0.39 is 0 Å². The van der Waals surface area contributed by atoms with Crippen molar-refractivity contribution in [3.8, 4) is 17.5 Å². The highest BCUT2D eigenvalue weighted by molar-refractivity contribution is 7.99. The molecule has 2 aromatic carbocycles. The van der Waals surface area contributed by atoms with Gasteiger partial charge in [-0.1, -0.05) is 6.07 Å². The van der Waals surface area contributed by atoms with Crippen molar-refractivity contribution in [2.45, 2.75) is 18.2 Å². The van der Waals surface area contributed by atoms with Crippen LogP contribution in [0.5, 0.6) is 0 Å². The zero-order chi connectivity index (χ0) is 18.4. The molecule has 5 rings (SSSR count). The van der Waals surface area contributed by atoms with Crippen molar-refractivity contribution in [2.75, 3.05) is 37.0 Å². The lowest BCUT2D eigenvalue weighted by Gasteiger charge is -2.30. The number of nitrogens with zero attached hydrogens (tertiary/aromatic N) is 3. The normalized spacial score (nSPS) is 16.5. The maximum atomic E-state index is 9.68. The summed E-state index contributed by atoms with van der Waals surface area (Å²) in [6, 6.07) is 10.6. The number of morpholine rings is 1. The van der Waals surface area contributed by atoms with Crippen LogP contribution in [-0.2, 0) is 11.2 Å². The van der Waals surface area contributed by atoms with Gasteiger partial charge in [0.2, 0.25) is 5.89 Å². The Bertz CT molecular complexity index is 1080. The van der Waals surface area contributed by atoms with Gasteiger partial charge in [-0.3, -0.25) is 0 Å². The van der Waals surface area contributed by atoms with Crippen molar-refractivity contribution >= 4 is 28.5 Å². The first kappa shape index (κ1) is 16.7. The van der Waals surface area contributed by atoms with E-state index in [9.17, 15) is 5.26 Å². The Hall–Kier alpha value is -2.49. The molecule has 27 heavy (non-hydrogen) atoms. The smallest absolute Gasteiger partial charge is 0.227 e. The Kier molecular flexibility index (Phi) is 4.07. The van der Waals surface area contributed by atoms with E-state index in [0.717, 1.165) is 65.6 Å². The largest absolute Gasteiger partial charge is 0.435 e. The summed E-state index contributed by atoms with van der Waals surface area (Å²) in [6.07, 6.45) is 0.917. The summed E-state index contributed by atoms with van der Waals surface area (Å²) in [7, 11) is 0. The molecule has 0 unspecified atom stereocenters. The molecule has 2 aliphatic rings. The topological polar surface area (TPSA) is 62.3 Å². The molecule has 5 nitrogen and oxygen atoms in total. The lowest BCUT2D eigenvalue weighted by Crippen LogP contribution is -2.36. The van der Waals surface area contributed by atoms with Crippen molar-refractivity contribution < 1.29 is 9.15 Å². The number of aromatic nitrogens is 1. The molecule has 1 aromatic heterocycles. The zero-order valence-corrected chi connectivity index (χ0v) is 15.9. The van der Waals surface area contributed by atoms with Gasteiger partial charge in [-0.05, 0) is 42.7 Å². The number of fused-ring (bicyclic) bond motifs is 2. The highest BCUT2D eigenvalue weighted by Gasteiger charge is 2.24. The first-order valence-corrected chi connectivity index (χ1v) is 10.2. The van der Waals surface area contributed by atoms with Crippen molar-refractivity contribution in [3.63, 3.8) is 0 Å². The summed E-state index contributed by atoms with van der Waals surface area (Å²) in [4.78, 5) is 8.25. The molecule has 0 saturated carbocycles. The van der Waals surface area contributed by atoms with Crippen LogP contribution in [0.25, 0.3) is 22.6 Å². The predicted molar refractivity (Wildman–Crippen MR) is 106 cm³/mol. The second kappa shape index (κ2) is 6.59. The fourth-order valence-corrected chi connectivity index (χ4v) is 5.06. The van der Waals surface area contributed by atoms with Gasteiger partial charge < -0.3 is 14.1 Å². The minimum absolute atomic E-state index is 0.586. The monoisotopic (exact) mass is 377 g/mol. The summed E-state index contributed by atoms with van der Waals surface area (Å²) in [5.74, 6) is 1.60. The van der Waals surface area contributed by atoms with Gasteiger partial charge in [0, 0.05) is 35.0 Å². The molecule has 0 amide bonds. The minimum Gasteiger partial charge on any atom is -0.435 e. The Balaban J connectivity index is 1.63. The molecular formula is C21H19N3O2S. The molecule has 0 spiro atoms. The van der Waals surface area contributed by atoms with Gasteiger partial charge in [0.15, 0.2) is 5.58 Å². The molecule has 136 valence electrons. The maximum Gasteiger partial charge on any atom is 0.227 e. The molecule has 0 radical (unpaired) electrons. The summed E-state index contributed by atoms with van der Waals surface area (Å²) in [5, 5.41) is 9.68. The summed E-state index contributed by atoms with van der Waals surface area (Å²) < 4.78 is 11.6. The molecule has 0 atom stereocenters. The van der Waals surface area contributed by atoms with Crippen LogP contribution in [0.15, 0.2) is 33.6 Å². The lowest BCUT2D eigenvalue weighted by atomic mass is 10.1. The van der Waals surface area contributed by atoms with Crippen LogP contribution in [0, 0.1) is 18.3 Å². The number of nitriles is 1. The number of benzene rings is 2. The number of thioether (sulfide) groups is 1. The van der Waals surface area contributed by atoms with Crippen molar-refractivity contribution in [1.29, 1.82) is 5.26 Å².